The van der Waals surface area contributed by atoms with E-state index in [1.165, 1.54) is 0 Å². The molecule has 0 atom stereocenters. The van der Waals surface area contributed by atoms with Crippen LogP contribution in [-0.2, 0) is 6.61 Å². The Hall–Kier alpha value is -2.31. The lowest BCUT2D eigenvalue weighted by atomic mass is 10.2. The molecule has 3 rings (SSSR count). The second-order valence-electron chi connectivity index (χ2n) is 4.15. The van der Waals surface area contributed by atoms with E-state index in [9.17, 15) is 0 Å². The summed E-state index contributed by atoms with van der Waals surface area (Å²) in [6.45, 7) is 0.351. The Balaban J connectivity index is 1.88. The number of rotatable bonds is 4. The van der Waals surface area contributed by atoms with Crippen molar-refractivity contribution in [3.8, 4) is 5.88 Å². The number of nitrogens with zero attached hydrogens (tertiary/aromatic N) is 3. The summed E-state index contributed by atoms with van der Waals surface area (Å²) in [4.78, 5) is 8.46. The SMILES string of the molecule is NNc1cn2ccnc2c(OCc2cccc(Cl)c2)n1. The zero-order chi connectivity index (χ0) is 13.9. The summed E-state index contributed by atoms with van der Waals surface area (Å²) in [7, 11) is 0. The van der Waals surface area contributed by atoms with Gasteiger partial charge in [0.2, 0.25) is 5.65 Å². The van der Waals surface area contributed by atoms with Crippen molar-refractivity contribution in [1.82, 2.24) is 14.4 Å². The summed E-state index contributed by atoms with van der Waals surface area (Å²) in [6.07, 6.45) is 5.20. The van der Waals surface area contributed by atoms with Crippen LogP contribution in [0, 0.1) is 0 Å². The lowest BCUT2D eigenvalue weighted by Crippen LogP contribution is -2.10. The predicted octanol–water partition coefficient (Wildman–Crippen LogP) is 2.25. The molecule has 102 valence electrons. The average molecular weight is 290 g/mol. The van der Waals surface area contributed by atoms with Crippen LogP contribution in [0.1, 0.15) is 5.56 Å². The molecule has 3 aromatic rings. The van der Waals surface area contributed by atoms with Crippen molar-refractivity contribution in [1.29, 1.82) is 0 Å². The van der Waals surface area contributed by atoms with E-state index in [-0.39, 0.29) is 0 Å². The molecule has 20 heavy (non-hydrogen) atoms. The van der Waals surface area contributed by atoms with Gasteiger partial charge in [-0.15, -0.1) is 0 Å². The van der Waals surface area contributed by atoms with Crippen LogP contribution in [0.25, 0.3) is 5.65 Å². The largest absolute Gasteiger partial charge is 0.470 e. The van der Waals surface area contributed by atoms with Gasteiger partial charge < -0.3 is 10.2 Å². The molecule has 0 spiro atoms. The molecule has 2 heterocycles. The first-order valence-electron chi connectivity index (χ1n) is 5.94. The normalized spacial score (nSPS) is 10.7. The summed E-state index contributed by atoms with van der Waals surface area (Å²) < 4.78 is 7.50. The fourth-order valence-corrected chi connectivity index (χ4v) is 2.06. The highest BCUT2D eigenvalue weighted by molar-refractivity contribution is 6.30. The summed E-state index contributed by atoms with van der Waals surface area (Å²) >= 11 is 5.94. The quantitative estimate of drug-likeness (QED) is 0.569. The van der Waals surface area contributed by atoms with E-state index in [0.29, 0.717) is 29.0 Å². The van der Waals surface area contributed by atoms with Gasteiger partial charge in [0.1, 0.15) is 6.61 Å². The summed E-state index contributed by atoms with van der Waals surface area (Å²) in [5.74, 6) is 6.29. The monoisotopic (exact) mass is 289 g/mol. The van der Waals surface area contributed by atoms with Crippen LogP contribution < -0.4 is 16.0 Å². The third kappa shape index (κ3) is 2.52. The fourth-order valence-electron chi connectivity index (χ4n) is 1.85. The van der Waals surface area contributed by atoms with Crippen LogP contribution in [0.2, 0.25) is 5.02 Å². The van der Waals surface area contributed by atoms with Crippen LogP contribution in [0.4, 0.5) is 5.82 Å². The molecule has 0 amide bonds. The van der Waals surface area contributed by atoms with Crippen molar-refractivity contribution >= 4 is 23.1 Å². The molecular weight excluding hydrogens is 278 g/mol. The van der Waals surface area contributed by atoms with Gasteiger partial charge in [-0.05, 0) is 17.7 Å². The number of halogens is 1. The van der Waals surface area contributed by atoms with Gasteiger partial charge in [-0.25, -0.2) is 10.8 Å². The van der Waals surface area contributed by atoms with Gasteiger partial charge in [0.05, 0.1) is 6.20 Å². The first-order chi connectivity index (χ1) is 9.76. The number of aromatic nitrogens is 3. The zero-order valence-electron chi connectivity index (χ0n) is 10.5. The zero-order valence-corrected chi connectivity index (χ0v) is 11.2. The van der Waals surface area contributed by atoms with Crippen molar-refractivity contribution < 1.29 is 4.74 Å². The van der Waals surface area contributed by atoms with Gasteiger partial charge in [0.25, 0.3) is 5.88 Å². The molecule has 0 fully saturated rings. The number of benzene rings is 1. The predicted molar refractivity (Wildman–Crippen MR) is 76.6 cm³/mol. The Morgan fingerprint density at radius 1 is 1.40 bits per heavy atom. The van der Waals surface area contributed by atoms with E-state index in [1.54, 1.807) is 23.0 Å². The fraction of sp³-hybridized carbons (Fsp3) is 0.0769. The number of imidazole rings is 1. The van der Waals surface area contributed by atoms with Gasteiger partial charge in [-0.2, -0.15) is 4.98 Å². The number of nitrogen functional groups attached to an aromatic ring is 1. The number of hydrazine groups is 1. The second-order valence-corrected chi connectivity index (χ2v) is 4.59. The van der Waals surface area contributed by atoms with Crippen molar-refractivity contribution in [2.75, 3.05) is 5.43 Å². The van der Waals surface area contributed by atoms with Gasteiger partial charge in [0.15, 0.2) is 5.82 Å². The lowest BCUT2D eigenvalue weighted by molar-refractivity contribution is 0.296. The van der Waals surface area contributed by atoms with Gasteiger partial charge in [-0.1, -0.05) is 23.7 Å². The molecule has 0 saturated carbocycles. The maximum atomic E-state index is 5.94. The molecule has 0 aliphatic carbocycles. The van der Waals surface area contributed by atoms with E-state index in [4.69, 9.17) is 22.2 Å². The average Bonchev–Trinajstić information content (AvgIpc) is 2.93. The Morgan fingerprint density at radius 3 is 3.10 bits per heavy atom. The minimum atomic E-state index is 0.351. The van der Waals surface area contributed by atoms with E-state index in [2.05, 4.69) is 15.4 Å². The molecule has 2 aromatic heterocycles. The molecule has 0 aliphatic heterocycles. The number of hydrogen-bond donors (Lipinski definition) is 2. The van der Waals surface area contributed by atoms with Crippen LogP contribution >= 0.6 is 11.6 Å². The number of fused-ring (bicyclic) bond motifs is 1. The van der Waals surface area contributed by atoms with E-state index >= 15 is 0 Å². The maximum Gasteiger partial charge on any atom is 0.260 e. The van der Waals surface area contributed by atoms with E-state index in [0.717, 1.165) is 5.56 Å². The highest BCUT2D eigenvalue weighted by atomic mass is 35.5. The molecule has 0 unspecified atom stereocenters. The number of hydrogen-bond acceptors (Lipinski definition) is 5. The molecular formula is C13H12ClN5O. The smallest absolute Gasteiger partial charge is 0.260 e. The van der Waals surface area contributed by atoms with Crippen LogP contribution in [0.3, 0.4) is 0 Å². The number of nitrogens with two attached hydrogens (primary N) is 1. The molecule has 7 heteroatoms. The molecule has 0 bridgehead atoms. The topological polar surface area (TPSA) is 77.5 Å². The Bertz CT molecular complexity index is 742. The third-order valence-corrected chi connectivity index (χ3v) is 2.99. The van der Waals surface area contributed by atoms with Crippen molar-refractivity contribution in [2.24, 2.45) is 5.84 Å². The van der Waals surface area contributed by atoms with Crippen LogP contribution in [0.5, 0.6) is 5.88 Å². The van der Waals surface area contributed by atoms with Crippen LogP contribution in [-0.4, -0.2) is 14.4 Å². The molecule has 6 nitrogen and oxygen atoms in total. The second kappa shape index (κ2) is 5.36. The Kier molecular flexibility index (Phi) is 3.41. The highest BCUT2D eigenvalue weighted by Crippen LogP contribution is 2.20. The molecule has 0 radical (unpaired) electrons. The van der Waals surface area contributed by atoms with E-state index < -0.39 is 0 Å². The summed E-state index contributed by atoms with van der Waals surface area (Å²) in [6, 6.07) is 7.46. The molecule has 0 aliphatic rings. The molecule has 0 saturated heterocycles. The molecule has 3 N–H and O–H groups in total. The third-order valence-electron chi connectivity index (χ3n) is 2.76. The Morgan fingerprint density at radius 2 is 2.30 bits per heavy atom. The van der Waals surface area contributed by atoms with E-state index in [1.807, 2.05) is 24.3 Å². The molecule has 1 aromatic carbocycles. The summed E-state index contributed by atoms with van der Waals surface area (Å²) in [5.41, 5.74) is 4.08. The summed E-state index contributed by atoms with van der Waals surface area (Å²) in [5, 5.41) is 0.669. The lowest BCUT2D eigenvalue weighted by Gasteiger charge is -2.09. The van der Waals surface area contributed by atoms with Crippen molar-refractivity contribution in [3.05, 3.63) is 53.4 Å². The van der Waals surface area contributed by atoms with Crippen molar-refractivity contribution in [2.45, 2.75) is 6.61 Å². The Labute approximate surface area is 120 Å². The first kappa shape index (κ1) is 12.7. The van der Waals surface area contributed by atoms with Gasteiger partial charge in [0, 0.05) is 17.4 Å². The maximum absolute atomic E-state index is 5.94. The van der Waals surface area contributed by atoms with Crippen molar-refractivity contribution in [3.63, 3.8) is 0 Å². The van der Waals surface area contributed by atoms with Gasteiger partial charge in [-0.3, -0.25) is 4.40 Å². The van der Waals surface area contributed by atoms with Crippen LogP contribution in [0.15, 0.2) is 42.9 Å². The minimum Gasteiger partial charge on any atom is -0.470 e. The minimum absolute atomic E-state index is 0.351. The number of nitrogens with one attached hydrogen (secondary N) is 1. The first-order valence-corrected chi connectivity index (χ1v) is 6.31. The standard InChI is InChI=1S/C13H12ClN5O/c14-10-3-1-2-9(6-10)8-20-13-12-16-4-5-19(12)7-11(17-13)18-15/h1-7,18H,8,15H2. The van der Waals surface area contributed by atoms with Gasteiger partial charge >= 0.3 is 0 Å². The number of anilines is 1. The number of ether oxygens (including phenoxy) is 1. The highest BCUT2D eigenvalue weighted by Gasteiger charge is 2.08.